The Kier molecular flexibility index (Phi) is 11.8. The highest BCUT2D eigenvalue weighted by atomic mass is 16.6. The fourth-order valence-electron chi connectivity index (χ4n) is 1.18. The van der Waals surface area contributed by atoms with E-state index < -0.39 is 0 Å². The predicted octanol–water partition coefficient (Wildman–Crippen LogP) is 5.16. The van der Waals surface area contributed by atoms with Crippen LogP contribution in [0.1, 0.15) is 59.4 Å². The Hall–Kier alpha value is -1.38. The first-order valence-corrected chi connectivity index (χ1v) is 6.39. The van der Waals surface area contributed by atoms with Crippen molar-refractivity contribution < 1.29 is 4.92 Å². The van der Waals surface area contributed by atoms with Gasteiger partial charge in [-0.3, -0.25) is 10.1 Å². The number of nitrogens with zero attached hydrogens (tertiary/aromatic N) is 1. The molecule has 0 aliphatic carbocycles. The summed E-state index contributed by atoms with van der Waals surface area (Å²) in [5, 5.41) is 10.5. The van der Waals surface area contributed by atoms with E-state index in [1.807, 2.05) is 33.8 Å². The van der Waals surface area contributed by atoms with Crippen molar-refractivity contribution >= 4 is 5.69 Å². The minimum absolute atomic E-state index is 0.179. The summed E-state index contributed by atoms with van der Waals surface area (Å²) in [5.41, 5.74) is 1.22. The highest BCUT2D eigenvalue weighted by Crippen LogP contribution is 2.22. The molecule has 1 aromatic rings. The van der Waals surface area contributed by atoms with Gasteiger partial charge in [0.1, 0.15) is 0 Å². The van der Waals surface area contributed by atoms with Crippen LogP contribution in [0.25, 0.3) is 0 Å². The number of rotatable bonds is 3. The van der Waals surface area contributed by atoms with Gasteiger partial charge in [-0.25, -0.2) is 0 Å². The zero-order valence-corrected chi connectivity index (χ0v) is 11.9. The van der Waals surface area contributed by atoms with Crippen LogP contribution in [0.5, 0.6) is 0 Å². The standard InChI is InChI=1S/C10H13NO2.2C2H6/c1-3-8(2)9-5-4-6-10(7-9)11(12)13;2*1-2/h4-8H,3H2,1-2H3;2*1-2H3. The van der Waals surface area contributed by atoms with Gasteiger partial charge in [0.25, 0.3) is 5.69 Å². The number of nitro groups is 1. The molecule has 0 aromatic heterocycles. The number of non-ortho nitro benzene ring substituents is 1. The molecule has 1 rings (SSSR count). The Morgan fingerprint density at radius 3 is 2.18 bits per heavy atom. The van der Waals surface area contributed by atoms with Crippen LogP contribution in [0.2, 0.25) is 0 Å². The molecule has 0 saturated heterocycles. The van der Waals surface area contributed by atoms with Gasteiger partial charge in [0, 0.05) is 12.1 Å². The molecular weight excluding hydrogens is 214 g/mol. The van der Waals surface area contributed by atoms with Crippen molar-refractivity contribution in [1.82, 2.24) is 0 Å². The normalized spacial score (nSPS) is 10.2. The van der Waals surface area contributed by atoms with Crippen LogP contribution >= 0.6 is 0 Å². The van der Waals surface area contributed by atoms with Gasteiger partial charge in [0.05, 0.1) is 4.92 Å². The van der Waals surface area contributed by atoms with E-state index >= 15 is 0 Å². The molecule has 1 atom stereocenters. The third kappa shape index (κ3) is 6.72. The third-order valence-electron chi connectivity index (χ3n) is 2.26. The van der Waals surface area contributed by atoms with Crippen molar-refractivity contribution in [3.63, 3.8) is 0 Å². The molecule has 0 aliphatic heterocycles. The molecule has 0 radical (unpaired) electrons. The Morgan fingerprint density at radius 2 is 1.76 bits per heavy atom. The fourth-order valence-corrected chi connectivity index (χ4v) is 1.18. The zero-order valence-electron chi connectivity index (χ0n) is 11.9. The first-order valence-electron chi connectivity index (χ1n) is 6.39. The largest absolute Gasteiger partial charge is 0.269 e. The van der Waals surface area contributed by atoms with Crippen LogP contribution in [0.4, 0.5) is 5.69 Å². The topological polar surface area (TPSA) is 43.1 Å². The van der Waals surface area contributed by atoms with Gasteiger partial charge in [-0.2, -0.15) is 0 Å². The monoisotopic (exact) mass is 239 g/mol. The second kappa shape index (κ2) is 11.1. The average molecular weight is 239 g/mol. The van der Waals surface area contributed by atoms with Crippen molar-refractivity contribution in [2.75, 3.05) is 0 Å². The lowest BCUT2D eigenvalue weighted by molar-refractivity contribution is -0.384. The molecule has 3 nitrogen and oxygen atoms in total. The molecule has 0 amide bonds. The summed E-state index contributed by atoms with van der Waals surface area (Å²) in [6, 6.07) is 6.83. The molecule has 0 heterocycles. The van der Waals surface area contributed by atoms with E-state index in [2.05, 4.69) is 13.8 Å². The number of hydrogen-bond donors (Lipinski definition) is 0. The number of hydrogen-bond acceptors (Lipinski definition) is 2. The van der Waals surface area contributed by atoms with Gasteiger partial charge in [0.15, 0.2) is 0 Å². The van der Waals surface area contributed by atoms with Crippen molar-refractivity contribution in [2.45, 2.75) is 53.9 Å². The molecule has 3 heteroatoms. The minimum atomic E-state index is -0.355. The fraction of sp³-hybridized carbons (Fsp3) is 0.571. The summed E-state index contributed by atoms with van der Waals surface area (Å²) in [6.07, 6.45) is 1.00. The summed E-state index contributed by atoms with van der Waals surface area (Å²) in [4.78, 5) is 10.1. The van der Waals surface area contributed by atoms with Crippen LogP contribution in [-0.2, 0) is 0 Å². The molecule has 0 N–H and O–H groups in total. The van der Waals surface area contributed by atoms with Gasteiger partial charge >= 0.3 is 0 Å². The van der Waals surface area contributed by atoms with Crippen LogP contribution in [-0.4, -0.2) is 4.92 Å². The molecular formula is C14H25NO2. The van der Waals surface area contributed by atoms with Crippen molar-refractivity contribution in [3.05, 3.63) is 39.9 Å². The summed E-state index contributed by atoms with van der Waals surface area (Å²) in [6.45, 7) is 12.1. The van der Waals surface area contributed by atoms with Crippen LogP contribution in [0.15, 0.2) is 24.3 Å². The molecule has 0 spiro atoms. The quantitative estimate of drug-likeness (QED) is 0.540. The maximum Gasteiger partial charge on any atom is 0.269 e. The first kappa shape index (κ1) is 18.0. The smallest absolute Gasteiger partial charge is 0.258 e. The minimum Gasteiger partial charge on any atom is -0.258 e. The summed E-state index contributed by atoms with van der Waals surface area (Å²) in [7, 11) is 0. The molecule has 0 aliphatic rings. The van der Waals surface area contributed by atoms with Gasteiger partial charge < -0.3 is 0 Å². The Balaban J connectivity index is 0. The highest BCUT2D eigenvalue weighted by molar-refractivity contribution is 5.35. The highest BCUT2D eigenvalue weighted by Gasteiger charge is 2.08. The van der Waals surface area contributed by atoms with Gasteiger partial charge in [0.2, 0.25) is 0 Å². The van der Waals surface area contributed by atoms with Crippen molar-refractivity contribution in [3.8, 4) is 0 Å². The van der Waals surface area contributed by atoms with Gasteiger partial charge in [-0.15, -0.1) is 0 Å². The molecule has 0 saturated carbocycles. The van der Waals surface area contributed by atoms with Crippen LogP contribution < -0.4 is 0 Å². The SMILES string of the molecule is CC.CC.CCC(C)c1cccc([N+](=O)[O-])c1. The second-order valence-corrected chi connectivity index (χ2v) is 3.16. The maximum atomic E-state index is 10.5. The van der Waals surface area contributed by atoms with Crippen molar-refractivity contribution in [2.24, 2.45) is 0 Å². The van der Waals surface area contributed by atoms with Gasteiger partial charge in [-0.05, 0) is 17.9 Å². The molecule has 0 bridgehead atoms. The Bertz CT molecular complexity index is 311. The lowest BCUT2D eigenvalue weighted by Crippen LogP contribution is -1.93. The van der Waals surface area contributed by atoms with E-state index in [0.717, 1.165) is 12.0 Å². The average Bonchev–Trinajstić information content (AvgIpc) is 2.42. The molecule has 1 aromatic carbocycles. The molecule has 17 heavy (non-hydrogen) atoms. The summed E-state index contributed by atoms with van der Waals surface area (Å²) >= 11 is 0. The van der Waals surface area contributed by atoms with Crippen LogP contribution in [0, 0.1) is 10.1 Å². The van der Waals surface area contributed by atoms with Crippen molar-refractivity contribution in [1.29, 1.82) is 0 Å². The van der Waals surface area contributed by atoms with E-state index in [4.69, 9.17) is 0 Å². The van der Waals surface area contributed by atoms with Gasteiger partial charge in [-0.1, -0.05) is 53.7 Å². The first-order chi connectivity index (χ1) is 8.15. The number of benzene rings is 1. The lowest BCUT2D eigenvalue weighted by Gasteiger charge is -2.07. The maximum absolute atomic E-state index is 10.5. The molecule has 1 unspecified atom stereocenters. The summed E-state index contributed by atoms with van der Waals surface area (Å²) < 4.78 is 0. The second-order valence-electron chi connectivity index (χ2n) is 3.16. The number of nitro benzene ring substituents is 1. The Labute approximate surface area is 105 Å². The van der Waals surface area contributed by atoms with E-state index in [9.17, 15) is 10.1 Å². The Morgan fingerprint density at radius 1 is 1.24 bits per heavy atom. The molecule has 0 fully saturated rings. The third-order valence-corrected chi connectivity index (χ3v) is 2.26. The van der Waals surface area contributed by atoms with Crippen LogP contribution in [0.3, 0.4) is 0 Å². The van der Waals surface area contributed by atoms with E-state index in [1.165, 1.54) is 6.07 Å². The van der Waals surface area contributed by atoms with E-state index in [1.54, 1.807) is 12.1 Å². The zero-order chi connectivity index (χ0) is 13.8. The lowest BCUT2D eigenvalue weighted by atomic mass is 9.98. The predicted molar refractivity (Wildman–Crippen MR) is 74.5 cm³/mol. The summed E-state index contributed by atoms with van der Waals surface area (Å²) in [5.74, 6) is 0.389. The van der Waals surface area contributed by atoms with E-state index in [0.29, 0.717) is 5.92 Å². The molecule has 98 valence electrons. The van der Waals surface area contributed by atoms with E-state index in [-0.39, 0.29) is 10.6 Å².